The van der Waals surface area contributed by atoms with Gasteiger partial charge in [-0.3, -0.25) is 14.4 Å². The van der Waals surface area contributed by atoms with Crippen LogP contribution < -0.4 is 0 Å². The molecular weight excluding hydrogens is 961 g/mol. The summed E-state index contributed by atoms with van der Waals surface area (Å²) in [5, 5.41) is 0. The zero-order valence-corrected chi connectivity index (χ0v) is 50.1. The number of esters is 3. The van der Waals surface area contributed by atoms with Crippen molar-refractivity contribution in [2.24, 2.45) is 0 Å². The number of rotatable bonds is 55. The Balaban J connectivity index is 4.37. The molecule has 1 unspecified atom stereocenters. The van der Waals surface area contributed by atoms with E-state index in [-0.39, 0.29) is 31.6 Å². The largest absolute Gasteiger partial charge is 0.462 e. The number of unbranched alkanes of at least 4 members (excludes halogenated alkanes) is 19. The fourth-order valence-corrected chi connectivity index (χ4v) is 8.14. The maximum Gasteiger partial charge on any atom is 0.310 e. The summed E-state index contributed by atoms with van der Waals surface area (Å²) in [4.78, 5) is 38.2. The van der Waals surface area contributed by atoms with Gasteiger partial charge in [0, 0.05) is 12.8 Å². The molecule has 0 amide bonds. The molecule has 0 aliphatic heterocycles. The highest BCUT2D eigenvalue weighted by atomic mass is 16.6. The van der Waals surface area contributed by atoms with Gasteiger partial charge in [0.1, 0.15) is 13.2 Å². The van der Waals surface area contributed by atoms with Crippen molar-refractivity contribution in [1.82, 2.24) is 0 Å². The Bertz CT molecular complexity index is 1760. The van der Waals surface area contributed by atoms with Crippen LogP contribution in [0.2, 0.25) is 0 Å². The average Bonchev–Trinajstić information content (AvgIpc) is 3.44. The van der Waals surface area contributed by atoms with E-state index in [0.29, 0.717) is 19.3 Å². The first-order valence-corrected chi connectivity index (χ1v) is 31.5. The van der Waals surface area contributed by atoms with Crippen molar-refractivity contribution in [3.05, 3.63) is 158 Å². The molecule has 438 valence electrons. The van der Waals surface area contributed by atoms with Gasteiger partial charge in [-0.1, -0.05) is 269 Å². The number of allylic oxidation sites excluding steroid dienone is 25. The zero-order chi connectivity index (χ0) is 56.4. The third-order valence-corrected chi connectivity index (χ3v) is 12.8. The molecule has 0 rings (SSSR count). The molecule has 6 nitrogen and oxygen atoms in total. The summed E-state index contributed by atoms with van der Waals surface area (Å²) in [6.07, 6.45) is 94.2. The van der Waals surface area contributed by atoms with Crippen molar-refractivity contribution in [3.8, 4) is 0 Å². The van der Waals surface area contributed by atoms with Crippen molar-refractivity contribution in [2.45, 2.75) is 264 Å². The highest BCUT2D eigenvalue weighted by Gasteiger charge is 2.19. The predicted octanol–water partition coefficient (Wildman–Crippen LogP) is 21.7. The normalized spacial score (nSPS) is 13.2. The molecule has 0 aromatic heterocycles. The van der Waals surface area contributed by atoms with Gasteiger partial charge in [0.05, 0.1) is 6.42 Å². The topological polar surface area (TPSA) is 78.9 Å². The van der Waals surface area contributed by atoms with E-state index in [1.165, 1.54) is 83.5 Å². The van der Waals surface area contributed by atoms with E-state index in [0.717, 1.165) is 128 Å². The minimum Gasteiger partial charge on any atom is -0.462 e. The van der Waals surface area contributed by atoms with Crippen LogP contribution in [0.3, 0.4) is 0 Å². The lowest BCUT2D eigenvalue weighted by atomic mass is 10.1. The summed E-state index contributed by atoms with van der Waals surface area (Å²) in [5.74, 6) is -1.08. The summed E-state index contributed by atoms with van der Waals surface area (Å²) >= 11 is 0. The van der Waals surface area contributed by atoms with Crippen LogP contribution in [-0.4, -0.2) is 37.2 Å². The number of ether oxygens (including phenoxy) is 3. The molecule has 0 bridgehead atoms. The molecule has 0 saturated carbocycles. The third kappa shape index (κ3) is 61.9. The average molecular weight is 1080 g/mol. The Morgan fingerprint density at radius 1 is 0.282 bits per heavy atom. The molecule has 0 aromatic rings. The van der Waals surface area contributed by atoms with E-state index >= 15 is 0 Å². The second-order valence-corrected chi connectivity index (χ2v) is 20.2. The van der Waals surface area contributed by atoms with Crippen LogP contribution in [0.5, 0.6) is 0 Å². The molecule has 0 heterocycles. The second kappa shape index (κ2) is 64.6. The van der Waals surface area contributed by atoms with Crippen molar-refractivity contribution < 1.29 is 28.6 Å². The molecule has 0 aliphatic carbocycles. The molecule has 0 radical (unpaired) electrons. The molecular formula is C72H114O6. The van der Waals surface area contributed by atoms with Gasteiger partial charge in [-0.15, -0.1) is 0 Å². The monoisotopic (exact) mass is 1070 g/mol. The Hall–Kier alpha value is -4.97. The summed E-state index contributed by atoms with van der Waals surface area (Å²) in [5.41, 5.74) is 0. The number of carbonyl (C=O) groups is 3. The van der Waals surface area contributed by atoms with Gasteiger partial charge in [-0.2, -0.15) is 0 Å². The van der Waals surface area contributed by atoms with Gasteiger partial charge in [-0.25, -0.2) is 0 Å². The molecule has 0 saturated heterocycles. The molecule has 0 aliphatic rings. The summed E-state index contributed by atoms with van der Waals surface area (Å²) in [6.45, 7) is 6.30. The van der Waals surface area contributed by atoms with Gasteiger partial charge in [-0.05, 0) is 128 Å². The summed E-state index contributed by atoms with van der Waals surface area (Å²) < 4.78 is 16.8. The maximum atomic E-state index is 12.8. The quantitative estimate of drug-likeness (QED) is 0.0261. The van der Waals surface area contributed by atoms with Crippen LogP contribution in [-0.2, 0) is 28.6 Å². The van der Waals surface area contributed by atoms with Crippen LogP contribution in [0.1, 0.15) is 258 Å². The summed E-state index contributed by atoms with van der Waals surface area (Å²) in [6, 6.07) is 0. The smallest absolute Gasteiger partial charge is 0.310 e. The van der Waals surface area contributed by atoms with Crippen molar-refractivity contribution in [3.63, 3.8) is 0 Å². The van der Waals surface area contributed by atoms with E-state index in [2.05, 4.69) is 167 Å². The highest BCUT2D eigenvalue weighted by molar-refractivity contribution is 5.72. The molecule has 6 heteroatoms. The molecule has 0 spiro atoms. The lowest BCUT2D eigenvalue weighted by molar-refractivity contribution is -0.166. The van der Waals surface area contributed by atoms with Crippen LogP contribution in [0.25, 0.3) is 0 Å². The Labute approximate surface area is 480 Å². The SMILES string of the molecule is CC/C=C\C/C=C\C/C=C\C/C=C\C/C=C\C/C=C\C/C=C\CCCCCCCCCCCC(=O)OCC(COC(=O)CCCCCCC/C=C\CCCCCCC)OC(=O)C/C=C\C/C=C\C/C=C\C/C=C\C/C=C\CC. The van der Waals surface area contributed by atoms with Crippen molar-refractivity contribution in [2.75, 3.05) is 13.2 Å². The van der Waals surface area contributed by atoms with Gasteiger partial charge in [0.25, 0.3) is 0 Å². The Morgan fingerprint density at radius 3 is 0.859 bits per heavy atom. The zero-order valence-electron chi connectivity index (χ0n) is 50.1. The molecule has 1 atom stereocenters. The van der Waals surface area contributed by atoms with Crippen LogP contribution in [0.4, 0.5) is 0 Å². The van der Waals surface area contributed by atoms with E-state index in [4.69, 9.17) is 14.2 Å². The van der Waals surface area contributed by atoms with Crippen LogP contribution in [0, 0.1) is 0 Å². The van der Waals surface area contributed by atoms with E-state index in [9.17, 15) is 14.4 Å². The minimum absolute atomic E-state index is 0.0877. The minimum atomic E-state index is -0.845. The highest BCUT2D eigenvalue weighted by Crippen LogP contribution is 2.14. The fourth-order valence-electron chi connectivity index (χ4n) is 8.14. The van der Waals surface area contributed by atoms with Gasteiger partial charge in [0.15, 0.2) is 6.10 Å². The first-order valence-electron chi connectivity index (χ1n) is 31.5. The van der Waals surface area contributed by atoms with Crippen molar-refractivity contribution >= 4 is 17.9 Å². The number of carbonyl (C=O) groups excluding carboxylic acids is 3. The standard InChI is InChI=1S/C72H114O6/c1-4-7-10-13-16-19-22-25-28-29-30-31-32-33-34-35-36-37-38-39-40-41-42-43-45-47-50-53-56-59-62-65-71(74)77-68-69(67-76-70(73)64-61-58-55-52-49-46-27-24-21-18-15-12-9-6-3)78-72(75)66-63-60-57-54-51-48-44-26-23-20-17-14-11-8-5-2/h7-8,10-11,16-17,19-20,24-28,30-31,33-34,36-37,39-40,44,51,54,60,63,69H,4-6,9,12-15,18,21-23,29,32,35,38,41-43,45-50,52-53,55-59,61-62,64-68H2,1-3H3/b10-7-,11-8-,19-16-,20-17-,27-24-,28-25-,31-30-,34-33-,37-36-,40-39-,44-26-,54-51-,63-60-. The first kappa shape index (κ1) is 73.0. The Morgan fingerprint density at radius 2 is 0.538 bits per heavy atom. The summed E-state index contributed by atoms with van der Waals surface area (Å²) in [7, 11) is 0. The molecule has 0 fully saturated rings. The lowest BCUT2D eigenvalue weighted by Crippen LogP contribution is -2.30. The lowest BCUT2D eigenvalue weighted by Gasteiger charge is -2.18. The maximum absolute atomic E-state index is 12.8. The molecule has 0 aromatic carbocycles. The van der Waals surface area contributed by atoms with Crippen molar-refractivity contribution in [1.29, 1.82) is 0 Å². The van der Waals surface area contributed by atoms with Crippen LogP contribution in [0.15, 0.2) is 158 Å². The van der Waals surface area contributed by atoms with Gasteiger partial charge >= 0.3 is 17.9 Å². The van der Waals surface area contributed by atoms with E-state index < -0.39 is 12.1 Å². The first-order chi connectivity index (χ1) is 38.5. The Kier molecular flexibility index (Phi) is 60.4. The molecule has 78 heavy (non-hydrogen) atoms. The number of hydrogen-bond acceptors (Lipinski definition) is 6. The number of hydrogen-bond donors (Lipinski definition) is 0. The van der Waals surface area contributed by atoms with E-state index in [1.807, 2.05) is 6.08 Å². The van der Waals surface area contributed by atoms with Crippen LogP contribution >= 0.6 is 0 Å². The molecule has 0 N–H and O–H groups in total. The van der Waals surface area contributed by atoms with Gasteiger partial charge < -0.3 is 14.2 Å². The third-order valence-electron chi connectivity index (χ3n) is 12.8. The van der Waals surface area contributed by atoms with E-state index in [1.54, 1.807) is 6.08 Å². The second-order valence-electron chi connectivity index (χ2n) is 20.2. The van der Waals surface area contributed by atoms with Gasteiger partial charge in [0.2, 0.25) is 0 Å². The fraction of sp³-hybridized carbons (Fsp3) is 0.597. The predicted molar refractivity (Wildman–Crippen MR) is 338 cm³/mol.